The lowest BCUT2D eigenvalue weighted by Gasteiger charge is -2.33. The van der Waals surface area contributed by atoms with Crippen molar-refractivity contribution < 1.29 is 9.90 Å². The predicted octanol–water partition coefficient (Wildman–Crippen LogP) is 3.66. The van der Waals surface area contributed by atoms with E-state index in [2.05, 4.69) is 16.8 Å². The van der Waals surface area contributed by atoms with Crippen LogP contribution >= 0.6 is 11.3 Å². The van der Waals surface area contributed by atoms with Crippen LogP contribution in [0.4, 0.5) is 5.13 Å². The Morgan fingerprint density at radius 2 is 2.10 bits per heavy atom. The van der Waals surface area contributed by atoms with Gasteiger partial charge in [0.1, 0.15) is 5.41 Å². The molecule has 1 aliphatic carbocycles. The lowest BCUT2D eigenvalue weighted by molar-refractivity contribution is -0.142. The van der Waals surface area contributed by atoms with Crippen LogP contribution in [0, 0.1) is 0 Å². The Bertz CT molecular complexity index is 464. The third kappa shape index (κ3) is 2.97. The maximum Gasteiger partial charge on any atom is 0.315 e. The van der Waals surface area contributed by atoms with E-state index >= 15 is 0 Å². The first-order valence-electron chi connectivity index (χ1n) is 7.43. The number of anilines is 1. The van der Waals surface area contributed by atoms with Crippen LogP contribution in [-0.4, -0.2) is 28.6 Å². The quantitative estimate of drug-likeness (QED) is 0.901. The number of rotatable bonds is 5. The summed E-state index contributed by atoms with van der Waals surface area (Å²) in [6.45, 7) is 6.51. The number of nitrogens with zero attached hydrogens (tertiary/aromatic N) is 2. The van der Waals surface area contributed by atoms with Gasteiger partial charge < -0.3 is 10.0 Å². The first-order chi connectivity index (χ1) is 9.46. The molecule has 0 bridgehead atoms. The molecule has 0 aliphatic heterocycles. The summed E-state index contributed by atoms with van der Waals surface area (Å²) >= 11 is 1.57. The summed E-state index contributed by atoms with van der Waals surface area (Å²) in [7, 11) is 0. The highest BCUT2D eigenvalue weighted by molar-refractivity contribution is 7.13. The molecule has 1 N–H and O–H groups in total. The second-order valence-corrected chi connectivity index (χ2v) is 6.86. The van der Waals surface area contributed by atoms with Crippen molar-refractivity contribution in [3.05, 3.63) is 11.1 Å². The van der Waals surface area contributed by atoms with E-state index in [9.17, 15) is 9.90 Å². The van der Waals surface area contributed by atoms with Gasteiger partial charge in [-0.05, 0) is 33.6 Å². The first-order valence-corrected chi connectivity index (χ1v) is 8.30. The molecular formula is C15H24N2O2S. The molecule has 4 nitrogen and oxygen atoms in total. The molecule has 1 aromatic rings. The Hall–Kier alpha value is -1.10. The fourth-order valence-electron chi connectivity index (χ4n) is 2.74. The monoisotopic (exact) mass is 296 g/mol. The van der Waals surface area contributed by atoms with Crippen molar-refractivity contribution in [2.75, 3.05) is 11.4 Å². The molecular weight excluding hydrogens is 272 g/mol. The average molecular weight is 296 g/mol. The van der Waals surface area contributed by atoms with Gasteiger partial charge in [-0.15, -0.1) is 11.3 Å². The molecule has 0 saturated heterocycles. The minimum Gasteiger partial charge on any atom is -0.481 e. The number of carboxylic acid groups (broad SMARTS) is 1. The molecule has 2 rings (SSSR count). The summed E-state index contributed by atoms with van der Waals surface area (Å²) < 4.78 is 0. The Kier molecular flexibility index (Phi) is 4.68. The highest BCUT2D eigenvalue weighted by atomic mass is 32.1. The van der Waals surface area contributed by atoms with Gasteiger partial charge in [0.2, 0.25) is 0 Å². The second kappa shape index (κ2) is 6.12. The summed E-state index contributed by atoms with van der Waals surface area (Å²) in [5.41, 5.74) is -0.250. The van der Waals surface area contributed by atoms with Crippen molar-refractivity contribution in [3.63, 3.8) is 0 Å². The number of thiazole rings is 1. The molecule has 1 fully saturated rings. The standard InChI is InChI=1S/C15H24N2O2S/c1-4-17(11-8-6-5-7-9-11)14-16-12(10-20-14)15(2,3)13(18)19/h10-11H,4-9H2,1-3H3,(H,18,19). The van der Waals surface area contributed by atoms with Gasteiger partial charge in [-0.1, -0.05) is 19.3 Å². The largest absolute Gasteiger partial charge is 0.481 e. The molecule has 0 atom stereocenters. The van der Waals surface area contributed by atoms with Crippen molar-refractivity contribution in [2.24, 2.45) is 0 Å². The zero-order chi connectivity index (χ0) is 14.8. The van der Waals surface area contributed by atoms with Crippen molar-refractivity contribution >= 4 is 22.4 Å². The molecule has 1 heterocycles. The van der Waals surface area contributed by atoms with Crippen LogP contribution in [-0.2, 0) is 10.2 Å². The zero-order valence-corrected chi connectivity index (χ0v) is 13.4. The minimum absolute atomic E-state index is 0.570. The Morgan fingerprint density at radius 1 is 1.45 bits per heavy atom. The lowest BCUT2D eigenvalue weighted by atomic mass is 9.90. The van der Waals surface area contributed by atoms with Gasteiger partial charge in [0.05, 0.1) is 5.69 Å². The smallest absolute Gasteiger partial charge is 0.315 e. The van der Waals surface area contributed by atoms with Crippen LogP contribution in [0.15, 0.2) is 5.38 Å². The van der Waals surface area contributed by atoms with E-state index in [1.165, 1.54) is 32.1 Å². The van der Waals surface area contributed by atoms with Gasteiger partial charge >= 0.3 is 5.97 Å². The van der Waals surface area contributed by atoms with E-state index in [4.69, 9.17) is 0 Å². The molecule has 0 aromatic carbocycles. The molecule has 0 unspecified atom stereocenters. The molecule has 1 aliphatic rings. The maximum absolute atomic E-state index is 11.3. The number of aromatic nitrogens is 1. The summed E-state index contributed by atoms with van der Waals surface area (Å²) in [6.07, 6.45) is 6.37. The van der Waals surface area contributed by atoms with Crippen LogP contribution in [0.5, 0.6) is 0 Å². The predicted molar refractivity (Wildman–Crippen MR) is 82.7 cm³/mol. The van der Waals surface area contributed by atoms with E-state index in [-0.39, 0.29) is 0 Å². The fourth-order valence-corrected chi connectivity index (χ4v) is 3.86. The van der Waals surface area contributed by atoms with Crippen LogP contribution < -0.4 is 4.90 Å². The molecule has 5 heteroatoms. The van der Waals surface area contributed by atoms with Crippen molar-refractivity contribution in [3.8, 4) is 0 Å². The fraction of sp³-hybridized carbons (Fsp3) is 0.733. The molecule has 1 aromatic heterocycles. The van der Waals surface area contributed by atoms with Crippen molar-refractivity contribution in [2.45, 2.75) is 64.3 Å². The number of carboxylic acids is 1. The highest BCUT2D eigenvalue weighted by Gasteiger charge is 2.33. The molecule has 0 radical (unpaired) electrons. The van der Waals surface area contributed by atoms with E-state index in [1.54, 1.807) is 25.2 Å². The van der Waals surface area contributed by atoms with Crippen LogP contribution in [0.2, 0.25) is 0 Å². The third-order valence-corrected chi connectivity index (χ3v) is 5.15. The number of aliphatic carboxylic acids is 1. The summed E-state index contributed by atoms with van der Waals surface area (Å²) in [4.78, 5) is 18.3. The van der Waals surface area contributed by atoms with Crippen LogP contribution in [0.25, 0.3) is 0 Å². The van der Waals surface area contributed by atoms with E-state index in [0.29, 0.717) is 11.7 Å². The topological polar surface area (TPSA) is 53.4 Å². The Balaban J connectivity index is 2.19. The minimum atomic E-state index is -0.916. The summed E-state index contributed by atoms with van der Waals surface area (Å²) in [5, 5.41) is 12.2. The van der Waals surface area contributed by atoms with Crippen molar-refractivity contribution in [1.82, 2.24) is 4.98 Å². The van der Waals surface area contributed by atoms with Gasteiger partial charge in [-0.2, -0.15) is 0 Å². The van der Waals surface area contributed by atoms with Crippen LogP contribution in [0.3, 0.4) is 0 Å². The molecule has 20 heavy (non-hydrogen) atoms. The van der Waals surface area contributed by atoms with Gasteiger partial charge in [0.15, 0.2) is 5.13 Å². The van der Waals surface area contributed by atoms with Crippen molar-refractivity contribution in [1.29, 1.82) is 0 Å². The van der Waals surface area contributed by atoms with Gasteiger partial charge in [-0.25, -0.2) is 4.98 Å². The second-order valence-electron chi connectivity index (χ2n) is 6.02. The van der Waals surface area contributed by atoms with E-state index < -0.39 is 11.4 Å². The summed E-state index contributed by atoms with van der Waals surface area (Å²) in [5.74, 6) is -0.824. The molecule has 0 amide bonds. The highest BCUT2D eigenvalue weighted by Crippen LogP contribution is 2.33. The average Bonchev–Trinajstić information content (AvgIpc) is 2.91. The zero-order valence-electron chi connectivity index (χ0n) is 12.6. The summed E-state index contributed by atoms with van der Waals surface area (Å²) in [6, 6.07) is 0.570. The molecule has 112 valence electrons. The third-order valence-electron chi connectivity index (χ3n) is 4.27. The van der Waals surface area contributed by atoms with E-state index in [1.807, 2.05) is 5.38 Å². The van der Waals surface area contributed by atoms with Crippen LogP contribution in [0.1, 0.15) is 58.6 Å². The maximum atomic E-state index is 11.3. The van der Waals surface area contributed by atoms with Gasteiger partial charge in [0, 0.05) is 18.0 Å². The number of hydrogen-bond acceptors (Lipinski definition) is 4. The van der Waals surface area contributed by atoms with Gasteiger partial charge in [-0.3, -0.25) is 4.79 Å². The Labute approximate surface area is 124 Å². The molecule has 0 spiro atoms. The number of hydrogen-bond donors (Lipinski definition) is 1. The lowest BCUT2D eigenvalue weighted by Crippen LogP contribution is -2.37. The Morgan fingerprint density at radius 3 is 2.65 bits per heavy atom. The first kappa shape index (κ1) is 15.3. The normalized spacial score (nSPS) is 17.1. The van der Waals surface area contributed by atoms with Gasteiger partial charge in [0.25, 0.3) is 0 Å². The van der Waals surface area contributed by atoms with E-state index in [0.717, 1.165) is 11.7 Å². The number of carbonyl (C=O) groups is 1. The SMILES string of the molecule is CCN(c1nc(C(C)(C)C(=O)O)cs1)C1CCCCC1. The molecule has 1 saturated carbocycles.